The highest BCUT2D eigenvalue weighted by atomic mass is 32.2. The number of primary sulfonamides is 1. The van der Waals surface area contributed by atoms with Crippen molar-refractivity contribution in [1.82, 2.24) is 0 Å². The number of benzene rings is 2. The zero-order valence-electron chi connectivity index (χ0n) is 13.8. The summed E-state index contributed by atoms with van der Waals surface area (Å²) in [7, 11) is -4.27. The fourth-order valence-corrected chi connectivity index (χ4v) is 4.33. The van der Waals surface area contributed by atoms with Crippen molar-refractivity contribution in [2.45, 2.75) is 42.4 Å². The molecular weight excluding hydrogens is 364 g/mol. The molecule has 0 spiro atoms. The molecule has 0 aromatic heterocycles. The number of sulfonamides is 1. The predicted molar refractivity (Wildman–Crippen MR) is 91.5 cm³/mol. The average molecular weight is 383 g/mol. The summed E-state index contributed by atoms with van der Waals surface area (Å²) >= 11 is 0. The fourth-order valence-electron chi connectivity index (χ4n) is 3.71. The van der Waals surface area contributed by atoms with Crippen LogP contribution in [0.25, 0.3) is 0 Å². The number of nitrogens with two attached hydrogens (primary N) is 1. The van der Waals surface area contributed by atoms with Gasteiger partial charge in [-0.05, 0) is 61.3 Å². The van der Waals surface area contributed by atoms with Crippen molar-refractivity contribution >= 4 is 10.0 Å². The highest BCUT2D eigenvalue weighted by molar-refractivity contribution is 7.89. The van der Waals surface area contributed by atoms with Gasteiger partial charge in [0.2, 0.25) is 10.0 Å². The summed E-state index contributed by atoms with van der Waals surface area (Å²) in [4.78, 5) is -0.702. The molecule has 4 N–H and O–H groups in total. The van der Waals surface area contributed by atoms with E-state index in [0.717, 1.165) is 12.1 Å². The molecule has 0 bridgehead atoms. The van der Waals surface area contributed by atoms with Gasteiger partial charge in [-0.25, -0.2) is 22.3 Å². The minimum atomic E-state index is -4.27. The van der Waals surface area contributed by atoms with Crippen molar-refractivity contribution in [3.05, 3.63) is 53.1 Å². The Hall–Kier alpha value is -2.19. The van der Waals surface area contributed by atoms with Gasteiger partial charge in [0, 0.05) is 11.6 Å². The standard InChI is InChI=1S/C18H19F2NO4S/c19-14-7-8-16(26(21,24)25)18(20)17(14)11-3-1-10(2-4-11)13-6-5-12(22)9-15(13)23/h5-11,22-23H,1-4H2,(H2,21,24,25). The molecule has 5 nitrogen and oxygen atoms in total. The molecule has 1 aliphatic carbocycles. The Morgan fingerprint density at radius 2 is 1.58 bits per heavy atom. The van der Waals surface area contributed by atoms with Gasteiger partial charge < -0.3 is 10.2 Å². The van der Waals surface area contributed by atoms with Gasteiger partial charge in [0.1, 0.15) is 28.0 Å². The molecule has 26 heavy (non-hydrogen) atoms. The first-order valence-electron chi connectivity index (χ1n) is 8.21. The highest BCUT2D eigenvalue weighted by Gasteiger charge is 2.31. The number of phenols is 2. The van der Waals surface area contributed by atoms with E-state index < -0.39 is 32.5 Å². The van der Waals surface area contributed by atoms with Crippen LogP contribution in [-0.2, 0) is 10.0 Å². The minimum Gasteiger partial charge on any atom is -0.508 e. The molecule has 0 saturated heterocycles. The Balaban J connectivity index is 1.84. The fraction of sp³-hybridized carbons (Fsp3) is 0.333. The summed E-state index contributed by atoms with van der Waals surface area (Å²) < 4.78 is 51.7. The number of rotatable bonds is 3. The Morgan fingerprint density at radius 3 is 2.15 bits per heavy atom. The lowest BCUT2D eigenvalue weighted by atomic mass is 9.75. The Morgan fingerprint density at radius 1 is 0.962 bits per heavy atom. The van der Waals surface area contributed by atoms with Crippen LogP contribution in [0.4, 0.5) is 8.78 Å². The maximum Gasteiger partial charge on any atom is 0.240 e. The van der Waals surface area contributed by atoms with E-state index in [1.807, 2.05) is 0 Å². The van der Waals surface area contributed by atoms with Crippen molar-refractivity contribution in [1.29, 1.82) is 0 Å². The summed E-state index contributed by atoms with van der Waals surface area (Å²) in [5, 5.41) is 24.4. The second kappa shape index (κ2) is 6.85. The van der Waals surface area contributed by atoms with Gasteiger partial charge in [0.25, 0.3) is 0 Å². The van der Waals surface area contributed by atoms with Crippen LogP contribution in [0.2, 0.25) is 0 Å². The van der Waals surface area contributed by atoms with E-state index in [1.165, 1.54) is 12.1 Å². The summed E-state index contributed by atoms with van der Waals surface area (Å²) in [6.07, 6.45) is 2.02. The monoisotopic (exact) mass is 383 g/mol. The second-order valence-corrected chi connectivity index (χ2v) is 8.14. The molecule has 1 saturated carbocycles. The van der Waals surface area contributed by atoms with Crippen LogP contribution in [-0.4, -0.2) is 18.6 Å². The van der Waals surface area contributed by atoms with E-state index in [-0.39, 0.29) is 23.0 Å². The maximum atomic E-state index is 14.6. The van der Waals surface area contributed by atoms with Crippen LogP contribution in [0, 0.1) is 11.6 Å². The largest absolute Gasteiger partial charge is 0.508 e. The minimum absolute atomic E-state index is 0.000559. The molecule has 1 fully saturated rings. The van der Waals surface area contributed by atoms with Crippen LogP contribution >= 0.6 is 0 Å². The van der Waals surface area contributed by atoms with Crippen molar-refractivity contribution in [3.8, 4) is 11.5 Å². The first-order valence-corrected chi connectivity index (χ1v) is 9.75. The lowest BCUT2D eigenvalue weighted by molar-refractivity contribution is 0.363. The zero-order valence-corrected chi connectivity index (χ0v) is 14.6. The van der Waals surface area contributed by atoms with E-state index in [2.05, 4.69) is 0 Å². The van der Waals surface area contributed by atoms with Crippen molar-refractivity contribution < 1.29 is 27.4 Å². The Kier molecular flexibility index (Phi) is 4.90. The van der Waals surface area contributed by atoms with Gasteiger partial charge in [-0.3, -0.25) is 0 Å². The summed E-state index contributed by atoms with van der Waals surface area (Å²) in [5.41, 5.74) is 0.436. The lowest BCUT2D eigenvalue weighted by Gasteiger charge is -2.30. The topological polar surface area (TPSA) is 101 Å². The molecule has 140 valence electrons. The van der Waals surface area contributed by atoms with Gasteiger partial charge in [-0.1, -0.05) is 6.07 Å². The number of hydrogen-bond donors (Lipinski definition) is 3. The molecule has 8 heteroatoms. The summed E-state index contributed by atoms with van der Waals surface area (Å²) in [5.74, 6) is -2.42. The van der Waals surface area contributed by atoms with E-state index in [1.54, 1.807) is 6.07 Å². The van der Waals surface area contributed by atoms with Crippen LogP contribution in [0.1, 0.15) is 48.6 Å². The molecule has 2 aromatic rings. The molecule has 0 amide bonds. The van der Waals surface area contributed by atoms with Crippen molar-refractivity contribution in [2.75, 3.05) is 0 Å². The molecule has 0 unspecified atom stereocenters. The first-order chi connectivity index (χ1) is 12.2. The van der Waals surface area contributed by atoms with Crippen LogP contribution < -0.4 is 5.14 Å². The van der Waals surface area contributed by atoms with Crippen molar-refractivity contribution in [3.63, 3.8) is 0 Å². The smallest absolute Gasteiger partial charge is 0.240 e. The van der Waals surface area contributed by atoms with Crippen LogP contribution in [0.3, 0.4) is 0 Å². The van der Waals surface area contributed by atoms with E-state index >= 15 is 0 Å². The van der Waals surface area contributed by atoms with E-state index in [0.29, 0.717) is 31.2 Å². The molecule has 1 aliphatic rings. The molecule has 0 aliphatic heterocycles. The molecule has 3 rings (SSSR count). The van der Waals surface area contributed by atoms with E-state index in [9.17, 15) is 27.4 Å². The number of phenolic OH excluding ortho intramolecular Hbond substituents is 2. The quantitative estimate of drug-likeness (QED) is 0.755. The zero-order chi connectivity index (χ0) is 19.1. The number of hydrogen-bond acceptors (Lipinski definition) is 4. The third-order valence-corrected chi connectivity index (χ3v) is 5.92. The lowest BCUT2D eigenvalue weighted by Crippen LogP contribution is -2.19. The summed E-state index contributed by atoms with van der Waals surface area (Å²) in [6.45, 7) is 0. The molecule has 0 atom stereocenters. The normalized spacial score (nSPS) is 20.9. The van der Waals surface area contributed by atoms with Gasteiger partial charge >= 0.3 is 0 Å². The molecule has 0 radical (unpaired) electrons. The van der Waals surface area contributed by atoms with E-state index in [4.69, 9.17) is 5.14 Å². The molecule has 2 aromatic carbocycles. The average Bonchev–Trinajstić information content (AvgIpc) is 2.54. The van der Waals surface area contributed by atoms with Gasteiger partial charge in [0.05, 0.1) is 0 Å². The third-order valence-electron chi connectivity index (χ3n) is 4.99. The van der Waals surface area contributed by atoms with Crippen LogP contribution in [0.5, 0.6) is 11.5 Å². The predicted octanol–water partition coefficient (Wildman–Crippen LogP) is 3.46. The SMILES string of the molecule is NS(=O)(=O)c1ccc(F)c(C2CCC(c3ccc(O)cc3O)CC2)c1F. The van der Waals surface area contributed by atoms with Gasteiger partial charge in [0.15, 0.2) is 0 Å². The first kappa shape index (κ1) is 18.6. The maximum absolute atomic E-state index is 14.6. The Bertz CT molecular complexity index is 938. The van der Waals surface area contributed by atoms with Crippen LogP contribution in [0.15, 0.2) is 35.2 Å². The van der Waals surface area contributed by atoms with Gasteiger partial charge in [-0.2, -0.15) is 0 Å². The summed E-state index contributed by atoms with van der Waals surface area (Å²) in [6, 6.07) is 6.14. The second-order valence-electron chi connectivity index (χ2n) is 6.61. The third kappa shape index (κ3) is 3.52. The van der Waals surface area contributed by atoms with Gasteiger partial charge in [-0.15, -0.1) is 0 Å². The molecular formula is C18H19F2NO4S. The highest BCUT2D eigenvalue weighted by Crippen LogP contribution is 2.44. The van der Waals surface area contributed by atoms with Crippen molar-refractivity contribution in [2.24, 2.45) is 5.14 Å². The number of aromatic hydroxyl groups is 2. The Labute approximate surface area is 150 Å². The number of halogens is 2. The molecule has 0 heterocycles.